The van der Waals surface area contributed by atoms with Crippen molar-refractivity contribution in [1.29, 1.82) is 0 Å². The Balaban J connectivity index is 1.91. The first kappa shape index (κ1) is 16.5. The molecule has 0 aromatic heterocycles. The summed E-state index contributed by atoms with van der Waals surface area (Å²) in [6, 6.07) is 22.3. The zero-order valence-electron chi connectivity index (χ0n) is 14.3. The van der Waals surface area contributed by atoms with E-state index in [4.69, 9.17) is 0 Å². The summed E-state index contributed by atoms with van der Waals surface area (Å²) in [6.45, 7) is 0. The third kappa shape index (κ3) is 2.14. The molecule has 131 valence electrons. The molecule has 1 aliphatic heterocycles. The second kappa shape index (κ2) is 5.91. The molecule has 1 radical (unpaired) electrons. The lowest BCUT2D eigenvalue weighted by Crippen LogP contribution is -2.44. The molecule has 27 heavy (non-hydrogen) atoms. The van der Waals surface area contributed by atoms with E-state index in [1.165, 1.54) is 0 Å². The Morgan fingerprint density at radius 2 is 1.59 bits per heavy atom. The van der Waals surface area contributed by atoms with Crippen LogP contribution in [0.3, 0.4) is 0 Å². The van der Waals surface area contributed by atoms with Crippen LogP contribution in [0.25, 0.3) is 6.08 Å². The number of anilines is 1. The number of halogens is 1. The minimum atomic E-state index is -1.06. The number of hydrogen-bond acceptors (Lipinski definition) is 2. The maximum atomic E-state index is 13.5. The number of para-hydroxylation sites is 1. The number of nitrogens with zero attached hydrogens (tertiary/aromatic N) is 1. The summed E-state index contributed by atoms with van der Waals surface area (Å²) in [5.41, 5.74) is 2.92. The van der Waals surface area contributed by atoms with E-state index >= 15 is 0 Å². The van der Waals surface area contributed by atoms with Crippen molar-refractivity contribution >= 4 is 33.5 Å². The van der Waals surface area contributed by atoms with Crippen molar-refractivity contribution in [3.05, 3.63) is 106 Å². The molecule has 1 heterocycles. The van der Waals surface area contributed by atoms with E-state index < -0.39 is 11.5 Å². The maximum absolute atomic E-state index is 13.5. The van der Waals surface area contributed by atoms with Gasteiger partial charge in [0.15, 0.2) is 5.78 Å². The lowest BCUT2D eigenvalue weighted by molar-refractivity contribution is -0.119. The van der Waals surface area contributed by atoms with Crippen LogP contribution >= 0.6 is 15.9 Å². The van der Waals surface area contributed by atoms with E-state index in [0.717, 1.165) is 31.8 Å². The van der Waals surface area contributed by atoms with Gasteiger partial charge in [-0.15, -0.1) is 0 Å². The maximum Gasteiger partial charge on any atom is 0.173 e. The van der Waals surface area contributed by atoms with Crippen molar-refractivity contribution in [2.24, 2.45) is 0 Å². The van der Waals surface area contributed by atoms with Gasteiger partial charge in [-0.05, 0) is 46.5 Å². The Labute approximate surface area is 165 Å². The molecule has 0 saturated carbocycles. The normalized spacial score (nSPS) is 22.8. The summed E-state index contributed by atoms with van der Waals surface area (Å²) in [7, 11) is 0. The highest BCUT2D eigenvalue weighted by molar-refractivity contribution is 9.10. The van der Waals surface area contributed by atoms with E-state index in [2.05, 4.69) is 15.9 Å². The van der Waals surface area contributed by atoms with Crippen molar-refractivity contribution in [1.82, 2.24) is 0 Å². The average molecular weight is 417 g/mol. The van der Waals surface area contributed by atoms with Crippen LogP contribution in [0.2, 0.25) is 0 Å². The molecule has 3 aromatic carbocycles. The summed E-state index contributed by atoms with van der Waals surface area (Å²) in [4.78, 5) is 13.5. The fourth-order valence-corrected chi connectivity index (χ4v) is 4.85. The predicted molar refractivity (Wildman–Crippen MR) is 108 cm³/mol. The fourth-order valence-electron chi connectivity index (χ4n) is 4.49. The molecule has 0 fully saturated rings. The third-order valence-electron chi connectivity index (χ3n) is 5.57. The summed E-state index contributed by atoms with van der Waals surface area (Å²) in [5.74, 6) is -0.0623. The third-order valence-corrected chi connectivity index (χ3v) is 6.06. The van der Waals surface area contributed by atoms with Crippen molar-refractivity contribution in [2.45, 2.75) is 11.5 Å². The second-order valence-corrected chi connectivity index (χ2v) is 7.81. The zero-order valence-corrected chi connectivity index (χ0v) is 15.9. The minimum absolute atomic E-state index is 0.0623. The number of carbonyl (C=O) groups is 1. The number of ketones is 1. The van der Waals surface area contributed by atoms with Crippen molar-refractivity contribution in [2.75, 3.05) is 5.06 Å². The van der Waals surface area contributed by atoms with Gasteiger partial charge in [-0.3, -0.25) is 4.79 Å². The van der Waals surface area contributed by atoms with E-state index in [1.54, 1.807) is 12.1 Å². The van der Waals surface area contributed by atoms with Gasteiger partial charge in [0.25, 0.3) is 0 Å². The first-order valence-electron chi connectivity index (χ1n) is 8.77. The number of allylic oxidation sites excluding steroid dienone is 1. The lowest BCUT2D eigenvalue weighted by atomic mass is 9.63. The van der Waals surface area contributed by atoms with Gasteiger partial charge in [-0.1, -0.05) is 81.8 Å². The molecule has 1 unspecified atom stereocenters. The summed E-state index contributed by atoms with van der Waals surface area (Å²) in [5, 5.41) is 14.4. The molecule has 3 nitrogen and oxygen atoms in total. The molecule has 1 spiro atoms. The van der Waals surface area contributed by atoms with E-state index in [-0.39, 0.29) is 5.78 Å². The molecule has 0 amide bonds. The molecular weight excluding hydrogens is 402 g/mol. The van der Waals surface area contributed by atoms with Crippen LogP contribution < -0.4 is 5.06 Å². The number of rotatable bonds is 1. The van der Waals surface area contributed by atoms with Gasteiger partial charge in [0.2, 0.25) is 0 Å². The molecule has 4 heteroatoms. The summed E-state index contributed by atoms with van der Waals surface area (Å²) in [6.07, 6.45) is 3.45. The van der Waals surface area contributed by atoms with Crippen molar-refractivity contribution in [3.8, 4) is 0 Å². The molecule has 1 aliphatic carbocycles. The van der Waals surface area contributed by atoms with Gasteiger partial charge < -0.3 is 0 Å². The van der Waals surface area contributed by atoms with Gasteiger partial charge >= 0.3 is 0 Å². The van der Waals surface area contributed by atoms with Crippen LogP contribution in [0.15, 0.2) is 83.3 Å². The van der Waals surface area contributed by atoms with Crippen molar-refractivity contribution in [3.63, 3.8) is 0 Å². The van der Waals surface area contributed by atoms with Gasteiger partial charge in [0.1, 0.15) is 11.5 Å². The molecule has 0 N–H and O–H groups in total. The average Bonchev–Trinajstić information content (AvgIpc) is 2.96. The van der Waals surface area contributed by atoms with Gasteiger partial charge in [0, 0.05) is 4.47 Å². The lowest BCUT2D eigenvalue weighted by Gasteiger charge is -2.38. The highest BCUT2D eigenvalue weighted by Crippen LogP contribution is 2.58. The van der Waals surface area contributed by atoms with Gasteiger partial charge in [0.05, 0.1) is 5.69 Å². The van der Waals surface area contributed by atoms with Crippen molar-refractivity contribution < 1.29 is 10.0 Å². The predicted octanol–water partition coefficient (Wildman–Crippen LogP) is 5.24. The van der Waals surface area contributed by atoms with Crippen LogP contribution in [-0.2, 0) is 15.4 Å². The molecule has 2 atom stereocenters. The Morgan fingerprint density at radius 3 is 2.41 bits per heavy atom. The van der Waals surface area contributed by atoms with Gasteiger partial charge in [-0.25, -0.2) is 5.06 Å². The quantitative estimate of drug-likeness (QED) is 0.544. The number of carbonyl (C=O) groups excluding carboxylic acids is 1. The van der Waals surface area contributed by atoms with Crippen LogP contribution in [0.1, 0.15) is 28.3 Å². The van der Waals surface area contributed by atoms with Crippen LogP contribution in [-0.4, -0.2) is 5.78 Å². The number of fused-ring (bicyclic) bond motifs is 4. The molecule has 5 rings (SSSR count). The minimum Gasteiger partial charge on any atom is -0.293 e. The molecular formula is C23H15BrNO2. The molecule has 0 saturated heterocycles. The van der Waals surface area contributed by atoms with Crippen LogP contribution in [0, 0.1) is 0 Å². The first-order valence-corrected chi connectivity index (χ1v) is 9.56. The van der Waals surface area contributed by atoms with E-state index in [1.807, 2.05) is 72.8 Å². The molecule has 0 bridgehead atoms. The van der Waals surface area contributed by atoms with E-state index in [0.29, 0.717) is 5.69 Å². The highest BCUT2D eigenvalue weighted by atomic mass is 79.9. The Hall–Kier alpha value is -2.69. The zero-order chi connectivity index (χ0) is 18.6. The topological polar surface area (TPSA) is 40.2 Å². The second-order valence-electron chi connectivity index (χ2n) is 6.89. The number of benzene rings is 3. The Bertz CT molecular complexity index is 1090. The van der Waals surface area contributed by atoms with Crippen LogP contribution in [0.4, 0.5) is 5.69 Å². The molecule has 3 aromatic rings. The SMILES string of the molecule is [O]N1c2ccccc2[C@@]2(C(=O)C=Cc3ccc(Br)cc32)C1c1ccccc1. The van der Waals surface area contributed by atoms with Crippen LogP contribution in [0.5, 0.6) is 0 Å². The first-order chi connectivity index (χ1) is 13.1. The Kier molecular flexibility index (Phi) is 3.61. The van der Waals surface area contributed by atoms with Gasteiger partial charge in [-0.2, -0.15) is 0 Å². The largest absolute Gasteiger partial charge is 0.293 e. The Morgan fingerprint density at radius 1 is 0.852 bits per heavy atom. The summed E-state index contributed by atoms with van der Waals surface area (Å²) >= 11 is 3.54. The smallest absolute Gasteiger partial charge is 0.173 e. The standard InChI is InChI=1S/C23H15BrNO2/c24-17-12-10-15-11-13-21(26)23(19(15)14-17)18-8-4-5-9-20(18)25(27)22(23)16-6-2-1-3-7-16/h1-14,22H/t22?,23-/m1/s1. The van der Waals surface area contributed by atoms with E-state index in [9.17, 15) is 10.0 Å². The molecule has 2 aliphatic rings. The fraction of sp³-hybridized carbons (Fsp3) is 0.0870. The highest BCUT2D eigenvalue weighted by Gasteiger charge is 2.59. The number of hydrogen-bond donors (Lipinski definition) is 0. The monoisotopic (exact) mass is 416 g/mol. The number of hydroxylamine groups is 1. The summed E-state index contributed by atoms with van der Waals surface area (Å²) < 4.78 is 0.886.